The van der Waals surface area contributed by atoms with Crippen LogP contribution >= 0.6 is 39.0 Å². The Balaban J connectivity index is 1.44. The third-order valence-electron chi connectivity index (χ3n) is 4.86. The van der Waals surface area contributed by atoms with Crippen LogP contribution in [0.25, 0.3) is 10.3 Å². The molecule has 0 bridgehead atoms. The van der Waals surface area contributed by atoms with Crippen LogP contribution in [-0.4, -0.2) is 39.7 Å². The number of hydrogen-bond donors (Lipinski definition) is 1. The van der Waals surface area contributed by atoms with Crippen LogP contribution < -0.4 is 10.2 Å². The minimum absolute atomic E-state index is 0.0573. The molecule has 0 radical (unpaired) electrons. The van der Waals surface area contributed by atoms with E-state index in [0.29, 0.717) is 11.6 Å². The third-order valence-corrected chi connectivity index (χ3v) is 7.98. The Kier molecular flexibility index (Phi) is 6.36. The second kappa shape index (κ2) is 8.97. The molecule has 9 heteroatoms. The fourth-order valence-electron chi connectivity index (χ4n) is 3.38. The number of carbonyl (C=O) groups is 1. The highest BCUT2D eigenvalue weighted by molar-refractivity contribution is 9.10. The van der Waals surface area contributed by atoms with E-state index in [9.17, 15) is 4.79 Å². The van der Waals surface area contributed by atoms with Crippen molar-refractivity contribution in [2.45, 2.75) is 31.7 Å². The molecule has 1 unspecified atom stereocenters. The van der Waals surface area contributed by atoms with Crippen LogP contribution in [0, 0.1) is 12.8 Å². The van der Waals surface area contributed by atoms with Gasteiger partial charge in [0.1, 0.15) is 16.1 Å². The first kappa shape index (κ1) is 20.6. The summed E-state index contributed by atoms with van der Waals surface area (Å²) >= 11 is 6.52. The molecule has 152 valence electrons. The van der Waals surface area contributed by atoms with Crippen molar-refractivity contribution in [3.63, 3.8) is 0 Å². The van der Waals surface area contributed by atoms with Gasteiger partial charge in [-0.1, -0.05) is 46.0 Å². The number of rotatable bonds is 5. The second-order valence-corrected chi connectivity index (χ2v) is 10.1. The van der Waals surface area contributed by atoms with Gasteiger partial charge >= 0.3 is 0 Å². The molecule has 1 amide bonds. The van der Waals surface area contributed by atoms with E-state index in [4.69, 9.17) is 4.98 Å². The maximum Gasteiger partial charge on any atom is 0.234 e. The highest BCUT2D eigenvalue weighted by Crippen LogP contribution is 2.35. The minimum atomic E-state index is -0.0573. The van der Waals surface area contributed by atoms with Gasteiger partial charge in [0.05, 0.1) is 5.75 Å². The predicted octanol–water partition coefficient (Wildman–Crippen LogP) is 5.12. The first-order valence-electron chi connectivity index (χ1n) is 9.55. The number of hydrogen-bond acceptors (Lipinski definition) is 7. The zero-order valence-electron chi connectivity index (χ0n) is 16.3. The zero-order chi connectivity index (χ0) is 20.4. The SMILES string of the molecule is Cc1cc(NC(=O)CSc2ncnc3nc(N4CCCC(C)C4)sc23)ccc1Br. The number of piperidine rings is 1. The summed E-state index contributed by atoms with van der Waals surface area (Å²) in [5.41, 5.74) is 2.59. The summed E-state index contributed by atoms with van der Waals surface area (Å²) in [6.07, 6.45) is 4.00. The molecule has 1 N–H and O–H groups in total. The van der Waals surface area contributed by atoms with E-state index in [2.05, 4.69) is 43.0 Å². The van der Waals surface area contributed by atoms with Crippen molar-refractivity contribution in [2.24, 2.45) is 5.92 Å². The van der Waals surface area contributed by atoms with Gasteiger partial charge in [-0.05, 0) is 49.4 Å². The molecule has 0 saturated carbocycles. The van der Waals surface area contributed by atoms with E-state index >= 15 is 0 Å². The van der Waals surface area contributed by atoms with Crippen molar-refractivity contribution in [1.29, 1.82) is 0 Å². The third kappa shape index (κ3) is 4.90. The molecule has 1 aliphatic heterocycles. The fourth-order valence-corrected chi connectivity index (χ4v) is 5.55. The average molecular weight is 492 g/mol. The number of carbonyl (C=O) groups excluding carboxylic acids is 1. The van der Waals surface area contributed by atoms with Crippen molar-refractivity contribution in [3.05, 3.63) is 34.6 Å². The van der Waals surface area contributed by atoms with Crippen LogP contribution in [0.4, 0.5) is 10.8 Å². The number of aryl methyl sites for hydroxylation is 1. The topological polar surface area (TPSA) is 71.0 Å². The molecule has 1 saturated heterocycles. The Labute approximate surface area is 186 Å². The minimum Gasteiger partial charge on any atom is -0.348 e. The number of thiazole rings is 1. The van der Waals surface area contributed by atoms with Crippen LogP contribution in [0.2, 0.25) is 0 Å². The number of anilines is 2. The number of aromatic nitrogens is 3. The summed E-state index contributed by atoms with van der Waals surface area (Å²) in [5.74, 6) is 0.912. The van der Waals surface area contributed by atoms with Crippen molar-refractivity contribution >= 4 is 66.1 Å². The van der Waals surface area contributed by atoms with Crippen LogP contribution in [0.1, 0.15) is 25.3 Å². The van der Waals surface area contributed by atoms with E-state index in [1.807, 2.05) is 25.1 Å². The zero-order valence-corrected chi connectivity index (χ0v) is 19.5. The normalized spacial score (nSPS) is 16.9. The van der Waals surface area contributed by atoms with Crippen LogP contribution in [0.3, 0.4) is 0 Å². The summed E-state index contributed by atoms with van der Waals surface area (Å²) in [6, 6.07) is 5.77. The van der Waals surface area contributed by atoms with Gasteiger partial charge in [0, 0.05) is 23.2 Å². The number of fused-ring (bicyclic) bond motifs is 1. The fraction of sp³-hybridized carbons (Fsp3) is 0.400. The maximum absolute atomic E-state index is 12.4. The Morgan fingerprint density at radius 3 is 3.07 bits per heavy atom. The van der Waals surface area contributed by atoms with Gasteiger partial charge in [0.2, 0.25) is 5.91 Å². The predicted molar refractivity (Wildman–Crippen MR) is 124 cm³/mol. The van der Waals surface area contributed by atoms with E-state index in [1.54, 1.807) is 11.3 Å². The smallest absolute Gasteiger partial charge is 0.234 e. The summed E-state index contributed by atoms with van der Waals surface area (Å²) in [6.45, 7) is 6.35. The van der Waals surface area contributed by atoms with Gasteiger partial charge in [0.15, 0.2) is 10.8 Å². The Hall–Kier alpha value is -1.71. The van der Waals surface area contributed by atoms with Gasteiger partial charge in [0.25, 0.3) is 0 Å². The molecule has 1 aromatic carbocycles. The Morgan fingerprint density at radius 2 is 2.28 bits per heavy atom. The first-order chi connectivity index (χ1) is 14.0. The van der Waals surface area contributed by atoms with Crippen molar-refractivity contribution in [3.8, 4) is 0 Å². The number of benzene rings is 1. The molecule has 3 aromatic rings. The van der Waals surface area contributed by atoms with Crippen LogP contribution in [0.15, 0.2) is 34.0 Å². The maximum atomic E-state index is 12.4. The Morgan fingerprint density at radius 1 is 1.41 bits per heavy atom. The molecule has 1 atom stereocenters. The summed E-state index contributed by atoms with van der Waals surface area (Å²) < 4.78 is 1.98. The monoisotopic (exact) mass is 491 g/mol. The number of nitrogens with zero attached hydrogens (tertiary/aromatic N) is 4. The van der Waals surface area contributed by atoms with E-state index < -0.39 is 0 Å². The van der Waals surface area contributed by atoms with Gasteiger partial charge < -0.3 is 10.2 Å². The second-order valence-electron chi connectivity index (χ2n) is 7.32. The molecule has 0 spiro atoms. The highest BCUT2D eigenvalue weighted by atomic mass is 79.9. The van der Waals surface area contributed by atoms with Gasteiger partial charge in [-0.25, -0.2) is 9.97 Å². The van der Waals surface area contributed by atoms with Gasteiger partial charge in [-0.3, -0.25) is 4.79 Å². The molecule has 1 fully saturated rings. The van der Waals surface area contributed by atoms with E-state index in [-0.39, 0.29) is 11.7 Å². The molecule has 6 nitrogen and oxygen atoms in total. The lowest BCUT2D eigenvalue weighted by Gasteiger charge is -2.30. The molecule has 3 heterocycles. The Bertz CT molecular complexity index is 1040. The molecular formula is C20H22BrN5OS2. The lowest BCUT2D eigenvalue weighted by atomic mass is 10.0. The van der Waals surface area contributed by atoms with Crippen molar-refractivity contribution in [2.75, 3.05) is 29.1 Å². The largest absolute Gasteiger partial charge is 0.348 e. The summed E-state index contributed by atoms with van der Waals surface area (Å²) in [7, 11) is 0. The van der Waals surface area contributed by atoms with Gasteiger partial charge in [-0.2, -0.15) is 4.98 Å². The lowest BCUT2D eigenvalue weighted by molar-refractivity contribution is -0.113. The standard InChI is InChI=1S/C20H22BrN5OS2/c1-12-4-3-7-26(9-12)20-25-18-17(29-20)19(23-11-22-18)28-10-16(27)24-14-5-6-15(21)13(2)8-14/h5-6,8,11-12H,3-4,7,9-10H2,1-2H3,(H,24,27). The quantitative estimate of drug-likeness (QED) is 0.394. The van der Waals surface area contributed by atoms with E-state index in [1.165, 1.54) is 30.9 Å². The number of thioether (sulfide) groups is 1. The lowest BCUT2D eigenvalue weighted by Crippen LogP contribution is -2.34. The number of amides is 1. The summed E-state index contributed by atoms with van der Waals surface area (Å²) in [4.78, 5) is 28.2. The molecule has 0 aliphatic carbocycles. The summed E-state index contributed by atoms with van der Waals surface area (Å²) in [5, 5.41) is 4.76. The van der Waals surface area contributed by atoms with Crippen molar-refractivity contribution < 1.29 is 4.79 Å². The molecular weight excluding hydrogens is 470 g/mol. The van der Waals surface area contributed by atoms with Crippen LogP contribution in [-0.2, 0) is 4.79 Å². The number of halogens is 1. The molecule has 29 heavy (non-hydrogen) atoms. The van der Waals surface area contributed by atoms with E-state index in [0.717, 1.165) is 43.7 Å². The molecule has 4 rings (SSSR count). The molecule has 2 aromatic heterocycles. The number of nitrogens with one attached hydrogen (secondary N) is 1. The van der Waals surface area contributed by atoms with Crippen molar-refractivity contribution in [1.82, 2.24) is 15.0 Å². The van der Waals surface area contributed by atoms with Gasteiger partial charge in [-0.15, -0.1) is 0 Å². The highest BCUT2D eigenvalue weighted by Gasteiger charge is 2.21. The first-order valence-corrected chi connectivity index (χ1v) is 12.1. The molecule has 1 aliphatic rings. The van der Waals surface area contributed by atoms with Crippen LogP contribution in [0.5, 0.6) is 0 Å². The average Bonchev–Trinajstić information content (AvgIpc) is 3.14.